The van der Waals surface area contributed by atoms with E-state index in [9.17, 15) is 0 Å². The van der Waals surface area contributed by atoms with Crippen molar-refractivity contribution in [3.8, 4) is 0 Å². The lowest BCUT2D eigenvalue weighted by Crippen LogP contribution is -1.85. The van der Waals surface area contributed by atoms with Crippen LogP contribution in [0.3, 0.4) is 0 Å². The van der Waals surface area contributed by atoms with Crippen LogP contribution in [-0.2, 0) is 0 Å². The van der Waals surface area contributed by atoms with E-state index in [4.69, 9.17) is 23.2 Å². The molecule has 0 aliphatic heterocycles. The Balaban J connectivity index is 3.21. The van der Waals surface area contributed by atoms with Gasteiger partial charge in [-0.25, -0.2) is 0 Å². The molecule has 0 aromatic heterocycles. The number of benzene rings is 1. The molecule has 0 aliphatic carbocycles. The van der Waals surface area contributed by atoms with Gasteiger partial charge in [0, 0.05) is 14.5 Å². The first-order chi connectivity index (χ1) is 5.13. The Hall–Kier alpha value is 0.760. The Labute approximate surface area is 92.1 Å². The lowest BCUT2D eigenvalue weighted by atomic mass is 10.2. The number of hydrogen-bond acceptors (Lipinski definition) is 0. The lowest BCUT2D eigenvalue weighted by Gasteiger charge is -2.06. The van der Waals surface area contributed by atoms with Gasteiger partial charge < -0.3 is 0 Å². The van der Waals surface area contributed by atoms with Crippen LogP contribution in [0.1, 0.15) is 10.4 Å². The molecule has 11 heavy (non-hydrogen) atoms. The van der Waals surface area contributed by atoms with Gasteiger partial charge in [-0.3, -0.25) is 0 Å². The van der Waals surface area contributed by atoms with E-state index in [-0.39, 0.29) is 0 Å². The normalized spacial score (nSPS) is 10.6. The molecule has 0 amide bonds. The van der Waals surface area contributed by atoms with Crippen LogP contribution >= 0.6 is 55.1 Å². The molecule has 0 aliphatic rings. The minimum Gasteiger partial charge on any atom is -0.1000 e. The van der Waals surface area contributed by atoms with Crippen LogP contribution < -0.4 is 0 Å². The summed E-state index contributed by atoms with van der Waals surface area (Å²) in [5.74, 6) is 0. The van der Waals surface area contributed by atoms with Gasteiger partial charge in [0.1, 0.15) is 4.84 Å². The van der Waals surface area contributed by atoms with Gasteiger partial charge in [-0.05, 0) is 12.1 Å². The largest absolute Gasteiger partial charge is 0.134 e. The molecule has 60 valence electrons. The fourth-order valence-corrected chi connectivity index (χ4v) is 3.17. The van der Waals surface area contributed by atoms with Gasteiger partial charge in [0.2, 0.25) is 0 Å². The molecular formula is C7H4Br2Cl2. The molecule has 1 rings (SSSR count). The van der Waals surface area contributed by atoms with Crippen molar-refractivity contribution >= 4 is 55.1 Å². The molecule has 4 heteroatoms. The predicted octanol–water partition coefficient (Wildman–Crippen LogP) is 4.69. The first kappa shape index (κ1) is 9.85. The molecule has 0 saturated carbocycles. The molecule has 0 saturated heterocycles. The van der Waals surface area contributed by atoms with Crippen LogP contribution in [0.2, 0.25) is 0 Å². The van der Waals surface area contributed by atoms with E-state index in [0.29, 0.717) is 0 Å². The highest BCUT2D eigenvalue weighted by Gasteiger charge is 2.10. The molecule has 0 N–H and O–H groups in total. The first-order valence-corrected chi connectivity index (χ1v) is 5.31. The Kier molecular flexibility index (Phi) is 3.69. The van der Waals surface area contributed by atoms with E-state index in [2.05, 4.69) is 31.9 Å². The summed E-state index contributed by atoms with van der Waals surface area (Å²) in [6, 6.07) is 5.71. The van der Waals surface area contributed by atoms with Crippen LogP contribution in [0.15, 0.2) is 27.1 Å². The first-order valence-electron chi connectivity index (χ1n) is 2.85. The highest BCUT2D eigenvalue weighted by atomic mass is 79.9. The van der Waals surface area contributed by atoms with Crippen molar-refractivity contribution in [1.29, 1.82) is 0 Å². The average molecular weight is 319 g/mol. The van der Waals surface area contributed by atoms with Crippen LogP contribution in [0.5, 0.6) is 0 Å². The Morgan fingerprint density at radius 2 is 1.55 bits per heavy atom. The van der Waals surface area contributed by atoms with E-state index in [1.807, 2.05) is 18.2 Å². The highest BCUT2D eigenvalue weighted by molar-refractivity contribution is 9.11. The molecule has 0 spiro atoms. The van der Waals surface area contributed by atoms with Crippen molar-refractivity contribution in [2.75, 3.05) is 0 Å². The van der Waals surface area contributed by atoms with Gasteiger partial charge in [0.25, 0.3) is 0 Å². The van der Waals surface area contributed by atoms with E-state index >= 15 is 0 Å². The zero-order valence-corrected chi connectivity index (χ0v) is 10.0. The maximum Gasteiger partial charge on any atom is 0.134 e. The number of halogens is 4. The maximum absolute atomic E-state index is 5.72. The third kappa shape index (κ3) is 2.35. The fourth-order valence-electron chi connectivity index (χ4n) is 0.719. The molecule has 1 aromatic carbocycles. The maximum atomic E-state index is 5.72. The summed E-state index contributed by atoms with van der Waals surface area (Å²) in [5.41, 5.74) is 0.871. The molecule has 1 aromatic rings. The van der Waals surface area contributed by atoms with Crippen LogP contribution in [0, 0.1) is 0 Å². The zero-order valence-electron chi connectivity index (χ0n) is 5.32. The van der Waals surface area contributed by atoms with Crippen molar-refractivity contribution in [2.45, 2.75) is 4.84 Å². The second-order valence-electron chi connectivity index (χ2n) is 1.94. The van der Waals surface area contributed by atoms with Gasteiger partial charge in [0.05, 0.1) is 0 Å². The minimum atomic E-state index is -0.500. The molecule has 0 atom stereocenters. The number of alkyl halides is 2. The standard InChI is InChI=1S/C7H4Br2Cl2/c8-4-2-1-3-5(9)6(4)7(10)11/h1-3,7H. The van der Waals surface area contributed by atoms with Crippen molar-refractivity contribution in [3.05, 3.63) is 32.7 Å². The SMILES string of the molecule is ClC(Cl)c1c(Br)cccc1Br. The summed E-state index contributed by atoms with van der Waals surface area (Å²) < 4.78 is 1.84. The van der Waals surface area contributed by atoms with Gasteiger partial charge in [-0.1, -0.05) is 61.1 Å². The molecule has 0 nitrogen and oxygen atoms in total. The third-order valence-corrected chi connectivity index (χ3v) is 3.04. The lowest BCUT2D eigenvalue weighted by molar-refractivity contribution is 1.29. The van der Waals surface area contributed by atoms with E-state index < -0.39 is 4.84 Å². The van der Waals surface area contributed by atoms with E-state index in [1.54, 1.807) is 0 Å². The Bertz CT molecular complexity index is 240. The second-order valence-corrected chi connectivity index (χ2v) is 4.74. The quantitative estimate of drug-likeness (QED) is 0.659. The molecule has 0 unspecified atom stereocenters. The molecular weight excluding hydrogens is 315 g/mol. The summed E-state index contributed by atoms with van der Waals surface area (Å²) >= 11 is 18.1. The summed E-state index contributed by atoms with van der Waals surface area (Å²) in [6.45, 7) is 0. The van der Waals surface area contributed by atoms with Crippen molar-refractivity contribution in [1.82, 2.24) is 0 Å². The summed E-state index contributed by atoms with van der Waals surface area (Å²) in [5, 5.41) is 0. The second kappa shape index (κ2) is 4.13. The molecule has 0 fully saturated rings. The summed E-state index contributed by atoms with van der Waals surface area (Å²) in [4.78, 5) is -0.500. The van der Waals surface area contributed by atoms with Crippen LogP contribution in [0.4, 0.5) is 0 Å². The van der Waals surface area contributed by atoms with E-state index in [0.717, 1.165) is 14.5 Å². The Morgan fingerprint density at radius 1 is 1.09 bits per heavy atom. The van der Waals surface area contributed by atoms with Crippen molar-refractivity contribution in [3.63, 3.8) is 0 Å². The summed E-state index contributed by atoms with van der Waals surface area (Å²) in [6.07, 6.45) is 0. The zero-order chi connectivity index (χ0) is 8.43. The van der Waals surface area contributed by atoms with Crippen LogP contribution in [0.25, 0.3) is 0 Å². The Morgan fingerprint density at radius 3 is 1.82 bits per heavy atom. The average Bonchev–Trinajstić information content (AvgIpc) is 1.85. The monoisotopic (exact) mass is 316 g/mol. The van der Waals surface area contributed by atoms with Crippen molar-refractivity contribution < 1.29 is 0 Å². The van der Waals surface area contributed by atoms with Gasteiger partial charge in [0.15, 0.2) is 0 Å². The van der Waals surface area contributed by atoms with Gasteiger partial charge in [-0.2, -0.15) is 0 Å². The molecule has 0 heterocycles. The minimum absolute atomic E-state index is 0.500. The smallest absolute Gasteiger partial charge is 0.1000 e. The van der Waals surface area contributed by atoms with Crippen molar-refractivity contribution in [2.24, 2.45) is 0 Å². The highest BCUT2D eigenvalue weighted by Crippen LogP contribution is 2.36. The van der Waals surface area contributed by atoms with Crippen LogP contribution in [-0.4, -0.2) is 0 Å². The number of hydrogen-bond donors (Lipinski definition) is 0. The third-order valence-electron chi connectivity index (χ3n) is 1.22. The molecule has 0 radical (unpaired) electrons. The topological polar surface area (TPSA) is 0 Å². The molecule has 0 bridgehead atoms. The fraction of sp³-hybridized carbons (Fsp3) is 0.143. The predicted molar refractivity (Wildman–Crippen MR) is 56.3 cm³/mol. The van der Waals surface area contributed by atoms with E-state index in [1.165, 1.54) is 0 Å². The summed E-state index contributed by atoms with van der Waals surface area (Å²) in [7, 11) is 0. The van der Waals surface area contributed by atoms with Gasteiger partial charge in [-0.15, -0.1) is 0 Å². The number of rotatable bonds is 1. The van der Waals surface area contributed by atoms with Gasteiger partial charge >= 0.3 is 0 Å².